The summed E-state index contributed by atoms with van der Waals surface area (Å²) in [6.45, 7) is 3.57. The van der Waals surface area contributed by atoms with E-state index in [1.54, 1.807) is 12.4 Å². The second-order valence-electron chi connectivity index (χ2n) is 5.15. The van der Waals surface area contributed by atoms with Crippen molar-refractivity contribution >= 4 is 12.3 Å². The number of carbonyl (C=O) groups excluding carboxylic acids is 1. The Labute approximate surface area is 112 Å². The summed E-state index contributed by atoms with van der Waals surface area (Å²) in [5, 5.41) is 0. The van der Waals surface area contributed by atoms with Crippen molar-refractivity contribution in [3.63, 3.8) is 0 Å². The van der Waals surface area contributed by atoms with Crippen molar-refractivity contribution in [2.75, 3.05) is 13.1 Å². The molecule has 1 aromatic rings. The Morgan fingerprint density at radius 2 is 2.05 bits per heavy atom. The molecule has 0 aromatic carbocycles. The van der Waals surface area contributed by atoms with Crippen molar-refractivity contribution in [1.82, 2.24) is 9.88 Å². The third kappa shape index (κ3) is 1.99. The average Bonchev–Trinajstić information content (AvgIpc) is 3.09. The van der Waals surface area contributed by atoms with Crippen LogP contribution in [0.1, 0.15) is 25.3 Å². The molecule has 1 amide bonds. The summed E-state index contributed by atoms with van der Waals surface area (Å²) in [7, 11) is 0. The molecule has 1 fully saturated rings. The molecule has 19 heavy (non-hydrogen) atoms. The maximum atomic E-state index is 12.6. The zero-order valence-electron chi connectivity index (χ0n) is 11.0. The van der Waals surface area contributed by atoms with E-state index in [-0.39, 0.29) is 5.91 Å². The van der Waals surface area contributed by atoms with Crippen LogP contribution in [0.3, 0.4) is 0 Å². The van der Waals surface area contributed by atoms with Gasteiger partial charge >= 0.3 is 0 Å². The lowest BCUT2D eigenvalue weighted by Gasteiger charge is -2.31. The minimum absolute atomic E-state index is 0.0607. The molecule has 0 N–H and O–H groups in total. The Balaban J connectivity index is 1.88. The Morgan fingerprint density at radius 1 is 1.37 bits per heavy atom. The van der Waals surface area contributed by atoms with Crippen LogP contribution >= 0.6 is 0 Å². The fraction of sp³-hybridized carbons (Fsp3) is 0.500. The summed E-state index contributed by atoms with van der Waals surface area (Å²) >= 11 is 0. The Hall–Kier alpha value is -1.91. The smallest absolute Gasteiger partial charge is 0.252 e. The van der Waals surface area contributed by atoms with Crippen LogP contribution in [0.2, 0.25) is 0 Å². The summed E-state index contributed by atoms with van der Waals surface area (Å²) < 4.78 is 5.65. The molecule has 1 saturated heterocycles. The predicted octanol–water partition coefficient (Wildman–Crippen LogP) is 1.35. The Bertz CT molecular complexity index is 497. The van der Waals surface area contributed by atoms with Crippen LogP contribution in [0.25, 0.3) is 0 Å². The van der Waals surface area contributed by atoms with Crippen molar-refractivity contribution in [2.24, 2.45) is 4.99 Å². The van der Waals surface area contributed by atoms with Gasteiger partial charge in [-0.05, 0) is 31.9 Å². The molecule has 1 aromatic heterocycles. The molecular weight excluding hydrogens is 242 g/mol. The SMILES string of the molecule is C[C@]1(c2ccncc2)OC=N[C@@H]1C(=O)N1CCCC1. The van der Waals surface area contributed by atoms with Gasteiger partial charge in [-0.1, -0.05) is 0 Å². The fourth-order valence-corrected chi connectivity index (χ4v) is 2.73. The van der Waals surface area contributed by atoms with E-state index in [4.69, 9.17) is 4.74 Å². The van der Waals surface area contributed by atoms with Gasteiger partial charge in [0.2, 0.25) is 0 Å². The average molecular weight is 259 g/mol. The van der Waals surface area contributed by atoms with Crippen LogP contribution in [-0.4, -0.2) is 41.3 Å². The molecule has 3 rings (SSSR count). The van der Waals surface area contributed by atoms with Crippen molar-refractivity contribution in [2.45, 2.75) is 31.4 Å². The summed E-state index contributed by atoms with van der Waals surface area (Å²) in [4.78, 5) is 22.7. The highest BCUT2D eigenvalue weighted by atomic mass is 16.5. The van der Waals surface area contributed by atoms with Gasteiger partial charge in [-0.15, -0.1) is 0 Å². The number of hydrogen-bond acceptors (Lipinski definition) is 4. The third-order valence-corrected chi connectivity index (χ3v) is 3.93. The van der Waals surface area contributed by atoms with E-state index in [1.807, 2.05) is 24.0 Å². The summed E-state index contributed by atoms with van der Waals surface area (Å²) in [6, 6.07) is 3.26. The standard InChI is InChI=1S/C14H17N3O2/c1-14(11-4-6-15-7-5-11)12(16-10-19-14)13(18)17-8-2-3-9-17/h4-7,10,12H,2-3,8-9H2,1H3/t12-,14-/m1/s1. The van der Waals surface area contributed by atoms with E-state index in [0.717, 1.165) is 31.5 Å². The van der Waals surface area contributed by atoms with Crippen LogP contribution in [-0.2, 0) is 15.1 Å². The molecule has 2 aliphatic heterocycles. The first-order chi connectivity index (χ1) is 9.22. The number of aliphatic imine (C=N–C) groups is 1. The molecular formula is C14H17N3O2. The normalized spacial score (nSPS) is 29.5. The third-order valence-electron chi connectivity index (χ3n) is 3.93. The van der Waals surface area contributed by atoms with Gasteiger partial charge in [-0.25, -0.2) is 4.99 Å². The largest absolute Gasteiger partial charge is 0.470 e. The van der Waals surface area contributed by atoms with Crippen LogP contribution in [0, 0.1) is 0 Å². The van der Waals surface area contributed by atoms with Gasteiger partial charge in [0, 0.05) is 31.0 Å². The number of ether oxygens (including phenoxy) is 1. The molecule has 0 saturated carbocycles. The molecule has 0 radical (unpaired) electrons. The molecule has 0 unspecified atom stereocenters. The van der Waals surface area contributed by atoms with Crippen LogP contribution < -0.4 is 0 Å². The number of hydrogen-bond donors (Lipinski definition) is 0. The number of rotatable bonds is 2. The zero-order valence-corrected chi connectivity index (χ0v) is 11.0. The van der Waals surface area contributed by atoms with E-state index in [2.05, 4.69) is 9.98 Å². The van der Waals surface area contributed by atoms with Crippen LogP contribution in [0.15, 0.2) is 29.5 Å². The van der Waals surface area contributed by atoms with Gasteiger partial charge in [0.25, 0.3) is 5.91 Å². The Morgan fingerprint density at radius 3 is 2.74 bits per heavy atom. The molecule has 3 heterocycles. The maximum Gasteiger partial charge on any atom is 0.252 e. The van der Waals surface area contributed by atoms with Crippen molar-refractivity contribution in [3.05, 3.63) is 30.1 Å². The molecule has 2 aliphatic rings. The molecule has 0 aliphatic carbocycles. The van der Waals surface area contributed by atoms with E-state index < -0.39 is 11.6 Å². The van der Waals surface area contributed by atoms with Gasteiger partial charge in [0.15, 0.2) is 18.0 Å². The minimum Gasteiger partial charge on any atom is -0.470 e. The Kier molecular flexibility index (Phi) is 2.97. The van der Waals surface area contributed by atoms with Gasteiger partial charge in [-0.3, -0.25) is 9.78 Å². The van der Waals surface area contributed by atoms with Gasteiger partial charge in [0.05, 0.1) is 0 Å². The van der Waals surface area contributed by atoms with Gasteiger partial charge in [-0.2, -0.15) is 0 Å². The summed E-state index contributed by atoms with van der Waals surface area (Å²) in [5.41, 5.74) is 0.209. The lowest BCUT2D eigenvalue weighted by atomic mass is 9.88. The van der Waals surface area contributed by atoms with Crippen LogP contribution in [0.5, 0.6) is 0 Å². The quantitative estimate of drug-likeness (QED) is 0.805. The molecule has 100 valence electrons. The second kappa shape index (κ2) is 4.64. The van der Waals surface area contributed by atoms with E-state index in [9.17, 15) is 4.79 Å². The molecule has 0 spiro atoms. The van der Waals surface area contributed by atoms with Gasteiger partial charge in [0.1, 0.15) is 0 Å². The number of aromatic nitrogens is 1. The number of amides is 1. The maximum absolute atomic E-state index is 12.6. The number of nitrogens with zero attached hydrogens (tertiary/aromatic N) is 3. The summed E-state index contributed by atoms with van der Waals surface area (Å²) in [5.74, 6) is 0.0607. The number of likely N-dealkylation sites (tertiary alicyclic amines) is 1. The molecule has 2 atom stereocenters. The van der Waals surface area contributed by atoms with Crippen molar-refractivity contribution in [3.8, 4) is 0 Å². The second-order valence-corrected chi connectivity index (χ2v) is 5.15. The summed E-state index contributed by atoms with van der Waals surface area (Å²) in [6.07, 6.45) is 6.97. The molecule has 0 bridgehead atoms. The van der Waals surface area contributed by atoms with Crippen molar-refractivity contribution < 1.29 is 9.53 Å². The van der Waals surface area contributed by atoms with Crippen molar-refractivity contribution in [1.29, 1.82) is 0 Å². The lowest BCUT2D eigenvalue weighted by Crippen LogP contribution is -2.46. The fourth-order valence-electron chi connectivity index (χ4n) is 2.73. The highest BCUT2D eigenvalue weighted by Gasteiger charge is 2.47. The predicted molar refractivity (Wildman–Crippen MR) is 70.8 cm³/mol. The minimum atomic E-state index is -0.720. The van der Waals surface area contributed by atoms with Crippen LogP contribution in [0.4, 0.5) is 0 Å². The highest BCUT2D eigenvalue weighted by Crippen LogP contribution is 2.35. The van der Waals surface area contributed by atoms with Gasteiger partial charge < -0.3 is 9.64 Å². The first-order valence-electron chi connectivity index (χ1n) is 6.60. The first kappa shape index (κ1) is 12.1. The molecule has 5 nitrogen and oxygen atoms in total. The zero-order chi connectivity index (χ0) is 13.3. The number of carbonyl (C=O) groups is 1. The molecule has 5 heteroatoms. The lowest BCUT2D eigenvalue weighted by molar-refractivity contribution is -0.135. The van der Waals surface area contributed by atoms with E-state index in [0.29, 0.717) is 0 Å². The first-order valence-corrected chi connectivity index (χ1v) is 6.60. The monoisotopic (exact) mass is 259 g/mol. The van der Waals surface area contributed by atoms with E-state index in [1.165, 1.54) is 6.40 Å². The topological polar surface area (TPSA) is 54.8 Å². The highest BCUT2D eigenvalue weighted by molar-refractivity contribution is 5.86. The number of pyridine rings is 1. The van der Waals surface area contributed by atoms with E-state index >= 15 is 0 Å².